The number of aromatic nitrogens is 1. The Hall–Kier alpha value is -1.78. The number of oxazole rings is 1. The van der Waals surface area contributed by atoms with Crippen LogP contribution < -0.4 is 5.32 Å². The van der Waals surface area contributed by atoms with Gasteiger partial charge in [-0.2, -0.15) is 0 Å². The van der Waals surface area contributed by atoms with E-state index in [2.05, 4.69) is 37.7 Å². The molecule has 0 aromatic carbocycles. The summed E-state index contributed by atoms with van der Waals surface area (Å²) in [4.78, 5) is 15.6. The van der Waals surface area contributed by atoms with Crippen LogP contribution in [0.25, 0.3) is 0 Å². The van der Waals surface area contributed by atoms with Gasteiger partial charge in [0, 0.05) is 18.4 Å². The van der Waals surface area contributed by atoms with E-state index in [-0.39, 0.29) is 12.0 Å². The van der Waals surface area contributed by atoms with Crippen LogP contribution in [0.4, 0.5) is 4.79 Å². The molecule has 0 saturated carbocycles. The summed E-state index contributed by atoms with van der Waals surface area (Å²) < 4.78 is 10.6. The average molecular weight is 280 g/mol. The molecule has 0 saturated heterocycles. The van der Waals surface area contributed by atoms with Crippen LogP contribution in [0.1, 0.15) is 44.5 Å². The van der Waals surface area contributed by atoms with Gasteiger partial charge in [-0.15, -0.1) is 0 Å². The molecule has 0 aliphatic rings. The minimum Gasteiger partial charge on any atom is -0.445 e. The number of ether oxygens (including phenoxy) is 1. The summed E-state index contributed by atoms with van der Waals surface area (Å²) in [6.07, 6.45) is 2.64. The van der Waals surface area contributed by atoms with Crippen LogP contribution in [0.15, 0.2) is 17.1 Å². The molecular weight excluding hydrogens is 256 g/mol. The van der Waals surface area contributed by atoms with Gasteiger partial charge in [-0.1, -0.05) is 33.4 Å². The number of hydrogen-bond donors (Lipinski definition) is 1. The molecule has 0 aliphatic heterocycles. The third-order valence-electron chi connectivity index (χ3n) is 2.72. The molecule has 20 heavy (non-hydrogen) atoms. The summed E-state index contributed by atoms with van der Waals surface area (Å²) in [6.45, 7) is 12.4. The summed E-state index contributed by atoms with van der Waals surface area (Å²) in [5.74, 6) is 1.64. The van der Waals surface area contributed by atoms with E-state index in [0.717, 1.165) is 30.2 Å². The lowest BCUT2D eigenvalue weighted by Crippen LogP contribution is -2.25. The minimum absolute atomic E-state index is 0.0875. The summed E-state index contributed by atoms with van der Waals surface area (Å²) >= 11 is 0. The Morgan fingerprint density at radius 2 is 2.20 bits per heavy atom. The highest BCUT2D eigenvalue weighted by Crippen LogP contribution is 2.24. The highest BCUT2D eigenvalue weighted by molar-refractivity contribution is 5.67. The number of hydrogen-bond acceptors (Lipinski definition) is 4. The normalized spacial score (nSPS) is 11.2. The minimum atomic E-state index is -0.422. The van der Waals surface area contributed by atoms with E-state index in [9.17, 15) is 4.79 Å². The van der Waals surface area contributed by atoms with E-state index in [1.54, 1.807) is 0 Å². The molecule has 1 aromatic heterocycles. The quantitative estimate of drug-likeness (QED) is 0.642. The topological polar surface area (TPSA) is 64.4 Å². The van der Waals surface area contributed by atoms with Gasteiger partial charge >= 0.3 is 6.09 Å². The number of alkyl carbamates (subject to hydrolysis) is 1. The van der Waals surface area contributed by atoms with E-state index < -0.39 is 6.09 Å². The Balaban J connectivity index is 2.37. The third-order valence-corrected chi connectivity index (χ3v) is 2.72. The maximum absolute atomic E-state index is 11.2. The van der Waals surface area contributed by atoms with Gasteiger partial charge < -0.3 is 14.5 Å². The van der Waals surface area contributed by atoms with Gasteiger partial charge in [0.15, 0.2) is 5.89 Å². The van der Waals surface area contributed by atoms with Crippen molar-refractivity contribution >= 4 is 6.09 Å². The maximum atomic E-state index is 11.2. The lowest BCUT2D eigenvalue weighted by molar-refractivity contribution is 0.158. The largest absolute Gasteiger partial charge is 0.445 e. The molecule has 0 spiro atoms. The summed E-state index contributed by atoms with van der Waals surface area (Å²) in [5, 5.41) is 2.67. The molecule has 5 heteroatoms. The van der Waals surface area contributed by atoms with Gasteiger partial charge in [0.25, 0.3) is 0 Å². The molecule has 0 atom stereocenters. The number of amides is 1. The van der Waals surface area contributed by atoms with E-state index in [0.29, 0.717) is 6.54 Å². The van der Waals surface area contributed by atoms with Gasteiger partial charge in [-0.05, 0) is 13.3 Å². The number of nitrogens with zero attached hydrogens (tertiary/aromatic N) is 1. The smallest absolute Gasteiger partial charge is 0.407 e. The molecule has 0 unspecified atom stereocenters. The van der Waals surface area contributed by atoms with Crippen LogP contribution in [0, 0.1) is 6.92 Å². The second-order valence-corrected chi connectivity index (χ2v) is 5.70. The Kier molecular flexibility index (Phi) is 5.80. The second-order valence-electron chi connectivity index (χ2n) is 5.70. The molecule has 1 amide bonds. The van der Waals surface area contributed by atoms with E-state index in [1.807, 2.05) is 6.92 Å². The van der Waals surface area contributed by atoms with Crippen LogP contribution in [0.5, 0.6) is 0 Å². The van der Waals surface area contributed by atoms with Gasteiger partial charge in [0.05, 0.1) is 5.69 Å². The fraction of sp³-hybridized carbons (Fsp3) is 0.600. The van der Waals surface area contributed by atoms with Crippen LogP contribution >= 0.6 is 0 Å². The first-order valence-corrected chi connectivity index (χ1v) is 6.83. The van der Waals surface area contributed by atoms with Crippen molar-refractivity contribution < 1.29 is 13.9 Å². The zero-order valence-electron chi connectivity index (χ0n) is 12.8. The molecule has 0 fully saturated rings. The van der Waals surface area contributed by atoms with Crippen molar-refractivity contribution in [2.45, 2.75) is 46.0 Å². The number of rotatable bonds is 6. The van der Waals surface area contributed by atoms with Crippen molar-refractivity contribution in [2.75, 3.05) is 13.2 Å². The van der Waals surface area contributed by atoms with E-state index in [4.69, 9.17) is 9.15 Å². The van der Waals surface area contributed by atoms with E-state index >= 15 is 0 Å². The number of carbonyl (C=O) groups is 1. The van der Waals surface area contributed by atoms with E-state index in [1.165, 1.54) is 6.08 Å². The highest BCUT2D eigenvalue weighted by atomic mass is 16.5. The summed E-state index contributed by atoms with van der Waals surface area (Å²) in [7, 11) is 0. The third kappa shape index (κ3) is 5.07. The van der Waals surface area contributed by atoms with Gasteiger partial charge in [0.1, 0.15) is 12.4 Å². The first-order valence-electron chi connectivity index (χ1n) is 6.83. The lowest BCUT2D eigenvalue weighted by Gasteiger charge is -2.12. The number of aryl methyl sites for hydroxylation is 2. The molecule has 1 N–H and O–H groups in total. The van der Waals surface area contributed by atoms with Gasteiger partial charge in [0.2, 0.25) is 0 Å². The van der Waals surface area contributed by atoms with Crippen molar-refractivity contribution in [1.29, 1.82) is 0 Å². The predicted octanol–water partition coefficient (Wildman–Crippen LogP) is 3.13. The molecule has 0 aliphatic carbocycles. The van der Waals surface area contributed by atoms with Crippen LogP contribution in [-0.2, 0) is 16.6 Å². The molecule has 1 aromatic rings. The van der Waals surface area contributed by atoms with Crippen molar-refractivity contribution in [1.82, 2.24) is 10.3 Å². The first kappa shape index (κ1) is 16.3. The number of nitrogens with one attached hydrogen (secondary N) is 1. The van der Waals surface area contributed by atoms with Crippen LogP contribution in [0.2, 0.25) is 0 Å². The summed E-state index contributed by atoms with van der Waals surface area (Å²) in [6, 6.07) is 0. The van der Waals surface area contributed by atoms with Crippen molar-refractivity contribution in [3.8, 4) is 0 Å². The monoisotopic (exact) mass is 280 g/mol. The molecule has 112 valence electrons. The predicted molar refractivity (Wildman–Crippen MR) is 77.8 cm³/mol. The highest BCUT2D eigenvalue weighted by Gasteiger charge is 2.21. The van der Waals surface area contributed by atoms with Gasteiger partial charge in [-0.25, -0.2) is 9.78 Å². The Morgan fingerprint density at radius 3 is 2.75 bits per heavy atom. The fourth-order valence-electron chi connectivity index (χ4n) is 1.61. The van der Waals surface area contributed by atoms with Crippen molar-refractivity contribution in [3.05, 3.63) is 30.0 Å². The lowest BCUT2D eigenvalue weighted by atomic mass is 9.97. The second kappa shape index (κ2) is 7.12. The van der Waals surface area contributed by atoms with Crippen molar-refractivity contribution in [3.63, 3.8) is 0 Å². The summed E-state index contributed by atoms with van der Waals surface area (Å²) in [5.41, 5.74) is 0.833. The van der Waals surface area contributed by atoms with Crippen molar-refractivity contribution in [2.24, 2.45) is 0 Å². The first-order chi connectivity index (χ1) is 9.34. The maximum Gasteiger partial charge on any atom is 0.407 e. The van der Waals surface area contributed by atoms with Gasteiger partial charge in [-0.3, -0.25) is 0 Å². The molecular formula is C15H24N2O3. The molecule has 0 radical (unpaired) electrons. The zero-order chi connectivity index (χ0) is 15.2. The zero-order valence-corrected chi connectivity index (χ0v) is 12.8. The van der Waals surface area contributed by atoms with Crippen LogP contribution in [0.3, 0.4) is 0 Å². The fourth-order valence-corrected chi connectivity index (χ4v) is 1.61. The standard InChI is InChI=1S/C15H24N2O3/c1-6-10-19-14(18)16-9-7-8-12-11(2)17-13(20-12)15(3,4)5/h6H,1,7-10H2,2-5H3,(H,16,18). The Morgan fingerprint density at radius 1 is 1.50 bits per heavy atom. The molecule has 5 nitrogen and oxygen atoms in total. The van der Waals surface area contributed by atoms with Crippen LogP contribution in [-0.4, -0.2) is 24.2 Å². The molecule has 0 bridgehead atoms. The number of carbonyl (C=O) groups excluding carboxylic acids is 1. The average Bonchev–Trinajstić information content (AvgIpc) is 2.73. The Labute approximate surface area is 120 Å². The Bertz CT molecular complexity index is 458. The SMILES string of the molecule is C=CCOC(=O)NCCCc1oc(C(C)(C)C)nc1C. The molecule has 1 rings (SSSR count). The molecule has 1 heterocycles.